The molecular formula is C33H36NO3+. The van der Waals surface area contributed by atoms with E-state index in [0.29, 0.717) is 0 Å². The number of aliphatic hydroxyl groups is 1. The minimum Gasteiger partial charge on any atom is -0.494 e. The molecule has 1 N–H and O–H groups in total. The predicted molar refractivity (Wildman–Crippen MR) is 150 cm³/mol. The van der Waals surface area contributed by atoms with Crippen LogP contribution in [0.4, 0.5) is 11.4 Å². The molecule has 4 aromatic carbocycles. The SMILES string of the molecule is [OH+]C(c1ccccc1)c1ccc(OCCCCCCCCOc2ccc([N]c3ccccc3)cc2)cc1. The monoisotopic (exact) mass is 494 g/mol. The van der Waals surface area contributed by atoms with E-state index in [1.807, 2.05) is 109 Å². The average molecular weight is 495 g/mol. The normalized spacial score (nSPS) is 11.6. The van der Waals surface area contributed by atoms with Crippen molar-refractivity contribution in [2.24, 2.45) is 0 Å². The van der Waals surface area contributed by atoms with Crippen molar-refractivity contribution < 1.29 is 14.6 Å². The van der Waals surface area contributed by atoms with Gasteiger partial charge >= 0.3 is 0 Å². The molecular weight excluding hydrogens is 458 g/mol. The third kappa shape index (κ3) is 9.00. The fourth-order valence-electron chi connectivity index (χ4n) is 4.13. The molecule has 0 saturated carbocycles. The summed E-state index contributed by atoms with van der Waals surface area (Å²) < 4.78 is 11.7. The second kappa shape index (κ2) is 14.7. The van der Waals surface area contributed by atoms with Crippen molar-refractivity contribution in [2.45, 2.75) is 44.6 Å². The van der Waals surface area contributed by atoms with Gasteiger partial charge in [-0.05, 0) is 73.5 Å². The maximum absolute atomic E-state index is 10.5. The molecule has 0 amide bonds. The highest BCUT2D eigenvalue weighted by molar-refractivity contribution is 5.49. The standard InChI is InChI=1S/C33H36NO3/c35-33(27-13-7-5-8-14-27)28-17-21-31(22-18-28)36-25-11-3-1-2-4-12-26-37-32-23-19-30(20-24-32)34-29-15-9-6-10-16-29/h5-10,13-24,33,35H,1-4,11-12,25-26H2/q+1. The molecule has 0 aliphatic heterocycles. The van der Waals surface area contributed by atoms with Crippen LogP contribution in [0.5, 0.6) is 11.5 Å². The van der Waals surface area contributed by atoms with E-state index in [1.165, 1.54) is 19.3 Å². The van der Waals surface area contributed by atoms with Gasteiger partial charge in [0.2, 0.25) is 0 Å². The van der Waals surface area contributed by atoms with Crippen LogP contribution in [-0.2, 0) is 0 Å². The Morgan fingerprint density at radius 3 is 1.49 bits per heavy atom. The molecule has 0 aromatic heterocycles. The highest BCUT2D eigenvalue weighted by Gasteiger charge is 2.18. The molecule has 2 radical (unpaired) electrons. The largest absolute Gasteiger partial charge is 0.494 e. The summed E-state index contributed by atoms with van der Waals surface area (Å²) in [6.45, 7) is 1.46. The van der Waals surface area contributed by atoms with E-state index in [1.54, 1.807) is 0 Å². The summed E-state index contributed by atoms with van der Waals surface area (Å²) in [4.78, 5) is 0. The van der Waals surface area contributed by atoms with Crippen molar-refractivity contribution in [3.05, 3.63) is 120 Å². The Balaban J connectivity index is 1.01. The molecule has 4 nitrogen and oxygen atoms in total. The summed E-state index contributed by atoms with van der Waals surface area (Å²) in [7, 11) is 0. The zero-order valence-electron chi connectivity index (χ0n) is 21.3. The number of hydrogen-bond acceptors (Lipinski definition) is 3. The second-order valence-electron chi connectivity index (χ2n) is 9.14. The zero-order valence-corrected chi connectivity index (χ0v) is 21.3. The van der Waals surface area contributed by atoms with Crippen molar-refractivity contribution in [3.63, 3.8) is 0 Å². The molecule has 0 spiro atoms. The molecule has 4 aromatic rings. The molecule has 0 saturated heterocycles. The number of aliphatic hydroxyl groups excluding tert-OH is 1. The molecule has 0 bridgehead atoms. The minimum absolute atomic E-state index is 0.609. The van der Waals surface area contributed by atoms with Gasteiger partial charge in [0.25, 0.3) is 6.10 Å². The number of nitrogens with zero attached hydrogens (tertiary/aromatic N) is 1. The fourth-order valence-corrected chi connectivity index (χ4v) is 4.13. The maximum atomic E-state index is 10.5. The van der Waals surface area contributed by atoms with E-state index in [9.17, 15) is 5.11 Å². The highest BCUT2D eigenvalue weighted by atomic mass is 16.5. The minimum atomic E-state index is -0.609. The number of ether oxygens (including phenoxy) is 2. The molecule has 0 aliphatic rings. The van der Waals surface area contributed by atoms with Gasteiger partial charge in [-0.2, -0.15) is 0 Å². The van der Waals surface area contributed by atoms with Crippen LogP contribution in [0.3, 0.4) is 0 Å². The zero-order chi connectivity index (χ0) is 25.5. The van der Waals surface area contributed by atoms with E-state index in [2.05, 4.69) is 5.32 Å². The van der Waals surface area contributed by atoms with Crippen LogP contribution in [0.15, 0.2) is 109 Å². The van der Waals surface area contributed by atoms with Gasteiger partial charge in [0.05, 0.1) is 24.6 Å². The van der Waals surface area contributed by atoms with Crippen LogP contribution >= 0.6 is 0 Å². The van der Waals surface area contributed by atoms with E-state index in [0.717, 1.165) is 66.5 Å². The van der Waals surface area contributed by atoms with Crippen LogP contribution in [0.1, 0.15) is 55.8 Å². The van der Waals surface area contributed by atoms with Gasteiger partial charge in [-0.15, -0.1) is 5.11 Å². The first kappa shape index (κ1) is 26.3. The Bertz CT molecular complexity index is 1150. The van der Waals surface area contributed by atoms with Gasteiger partial charge in [-0.25, -0.2) is 5.32 Å². The summed E-state index contributed by atoms with van der Waals surface area (Å²) in [6.07, 6.45) is 6.26. The van der Waals surface area contributed by atoms with E-state index < -0.39 is 6.10 Å². The average Bonchev–Trinajstić information content (AvgIpc) is 2.96. The lowest BCUT2D eigenvalue weighted by molar-refractivity contribution is 0.220. The Morgan fingerprint density at radius 1 is 0.486 bits per heavy atom. The third-order valence-corrected chi connectivity index (χ3v) is 6.24. The van der Waals surface area contributed by atoms with Crippen LogP contribution in [0.2, 0.25) is 0 Å². The summed E-state index contributed by atoms with van der Waals surface area (Å²) in [5.74, 6) is 1.75. The van der Waals surface area contributed by atoms with Gasteiger partial charge in [-0.1, -0.05) is 74.2 Å². The third-order valence-electron chi connectivity index (χ3n) is 6.24. The van der Waals surface area contributed by atoms with Gasteiger partial charge in [-0.3, -0.25) is 0 Å². The van der Waals surface area contributed by atoms with Gasteiger partial charge < -0.3 is 9.47 Å². The molecule has 37 heavy (non-hydrogen) atoms. The molecule has 0 heterocycles. The molecule has 4 heteroatoms. The van der Waals surface area contributed by atoms with Crippen molar-refractivity contribution in [3.8, 4) is 11.5 Å². The van der Waals surface area contributed by atoms with Crippen molar-refractivity contribution >= 4 is 11.4 Å². The quantitative estimate of drug-likeness (QED) is 0.124. The Hall–Kier alpha value is -3.76. The van der Waals surface area contributed by atoms with Crippen molar-refractivity contribution in [1.29, 1.82) is 0 Å². The number of rotatable bonds is 15. The van der Waals surface area contributed by atoms with Gasteiger partial charge in [0.15, 0.2) is 0 Å². The van der Waals surface area contributed by atoms with Gasteiger partial charge in [0.1, 0.15) is 11.5 Å². The topological polar surface area (TPSA) is 54.0 Å². The van der Waals surface area contributed by atoms with E-state index in [-0.39, 0.29) is 0 Å². The first-order valence-corrected chi connectivity index (χ1v) is 13.2. The number of hydrogen-bond donors (Lipinski definition) is 0. The first-order valence-electron chi connectivity index (χ1n) is 13.2. The molecule has 1 unspecified atom stereocenters. The van der Waals surface area contributed by atoms with E-state index in [4.69, 9.17) is 9.47 Å². The van der Waals surface area contributed by atoms with Crippen LogP contribution in [-0.4, -0.2) is 18.3 Å². The lowest BCUT2D eigenvalue weighted by atomic mass is 10.0. The molecule has 4 rings (SSSR count). The summed E-state index contributed by atoms with van der Waals surface area (Å²) in [5, 5.41) is 15.1. The smallest absolute Gasteiger partial charge is 0.276 e. The molecule has 1 atom stereocenters. The number of para-hydroxylation sites is 1. The Kier molecular flexibility index (Phi) is 10.5. The first-order chi connectivity index (χ1) is 18.3. The van der Waals surface area contributed by atoms with Gasteiger partial charge in [0, 0.05) is 11.1 Å². The maximum Gasteiger partial charge on any atom is 0.276 e. The molecule has 0 fully saturated rings. The number of unbranched alkanes of at least 4 members (excludes halogenated alkanes) is 5. The lowest BCUT2D eigenvalue weighted by Gasteiger charge is -2.09. The van der Waals surface area contributed by atoms with Crippen LogP contribution in [0, 0.1) is 0 Å². The van der Waals surface area contributed by atoms with Crippen LogP contribution < -0.4 is 14.8 Å². The number of benzene rings is 4. The predicted octanol–water partition coefficient (Wildman–Crippen LogP) is 8.13. The van der Waals surface area contributed by atoms with Crippen molar-refractivity contribution in [2.75, 3.05) is 13.2 Å². The Morgan fingerprint density at radius 2 is 0.919 bits per heavy atom. The van der Waals surface area contributed by atoms with E-state index >= 15 is 0 Å². The molecule has 190 valence electrons. The summed E-state index contributed by atoms with van der Waals surface area (Å²) >= 11 is 0. The second-order valence-corrected chi connectivity index (χ2v) is 9.14. The summed E-state index contributed by atoms with van der Waals surface area (Å²) in [5.41, 5.74) is 3.66. The van der Waals surface area contributed by atoms with Crippen LogP contribution in [0.25, 0.3) is 0 Å². The lowest BCUT2D eigenvalue weighted by Crippen LogP contribution is -2.01. The highest BCUT2D eigenvalue weighted by Crippen LogP contribution is 2.24. The summed E-state index contributed by atoms with van der Waals surface area (Å²) in [6, 6.07) is 35.4. The molecule has 0 aliphatic carbocycles. The fraction of sp³-hybridized carbons (Fsp3) is 0.273. The Labute approximate surface area is 220 Å². The van der Waals surface area contributed by atoms with Crippen molar-refractivity contribution in [1.82, 2.24) is 5.32 Å².